The molecule has 0 saturated carbocycles. The normalized spacial score (nSPS) is 10.8. The Balaban J connectivity index is 1.76. The molecule has 9 heteroatoms. The van der Waals surface area contributed by atoms with Gasteiger partial charge in [-0.1, -0.05) is 0 Å². The molecule has 2 aromatic heterocycles. The zero-order valence-electron chi connectivity index (χ0n) is 18.2. The Morgan fingerprint density at radius 3 is 2.32 bits per heavy atom. The molecule has 0 spiro atoms. The minimum Gasteiger partial charge on any atom is -0.490 e. The van der Waals surface area contributed by atoms with Crippen LogP contribution in [0, 0.1) is 6.92 Å². The third kappa shape index (κ3) is 5.16. The number of hydrogen-bond acceptors (Lipinski definition) is 7. The van der Waals surface area contributed by atoms with Crippen LogP contribution in [0.3, 0.4) is 0 Å². The van der Waals surface area contributed by atoms with Gasteiger partial charge in [0.2, 0.25) is 5.75 Å². The number of hydrogen-bond donors (Lipinski definition) is 1. The molecule has 0 aliphatic heterocycles. The van der Waals surface area contributed by atoms with Crippen molar-refractivity contribution < 1.29 is 19.0 Å². The zero-order valence-corrected chi connectivity index (χ0v) is 19.0. The van der Waals surface area contributed by atoms with Crippen LogP contribution in [-0.4, -0.2) is 41.7 Å². The molecule has 0 atom stereocenters. The van der Waals surface area contributed by atoms with Crippen molar-refractivity contribution in [3.63, 3.8) is 0 Å². The third-order valence-corrected chi connectivity index (χ3v) is 5.32. The number of amides is 1. The van der Waals surface area contributed by atoms with E-state index in [1.165, 1.54) is 17.4 Å². The maximum Gasteiger partial charge on any atom is 0.258 e. The summed E-state index contributed by atoms with van der Waals surface area (Å²) in [5, 5.41) is 4.80. The van der Waals surface area contributed by atoms with Gasteiger partial charge >= 0.3 is 0 Å². The highest BCUT2D eigenvalue weighted by atomic mass is 32.1. The van der Waals surface area contributed by atoms with E-state index in [0.717, 1.165) is 5.69 Å². The SMILES string of the molecule is CCOc1cc(C(=O)NCCc2csc3nc(C)cc(=O)n23)cc(OCC)c1OCC. The molecule has 0 bridgehead atoms. The molecule has 0 saturated heterocycles. The Kier molecular flexibility index (Phi) is 7.51. The smallest absolute Gasteiger partial charge is 0.258 e. The fraction of sp³-hybridized carbons (Fsp3) is 0.409. The van der Waals surface area contributed by atoms with Gasteiger partial charge in [0, 0.05) is 41.4 Å². The molecule has 0 aliphatic carbocycles. The van der Waals surface area contributed by atoms with Crippen molar-refractivity contribution >= 4 is 22.2 Å². The molecule has 2 heterocycles. The van der Waals surface area contributed by atoms with Gasteiger partial charge in [-0.25, -0.2) is 4.98 Å². The van der Waals surface area contributed by atoms with E-state index in [1.54, 1.807) is 23.5 Å². The van der Waals surface area contributed by atoms with Crippen LogP contribution in [0.1, 0.15) is 42.5 Å². The van der Waals surface area contributed by atoms with Crippen molar-refractivity contribution in [2.24, 2.45) is 0 Å². The molecule has 1 aromatic carbocycles. The number of nitrogens with zero attached hydrogens (tertiary/aromatic N) is 2. The molecule has 1 N–H and O–H groups in total. The van der Waals surface area contributed by atoms with Gasteiger partial charge in [0.1, 0.15) is 0 Å². The van der Waals surface area contributed by atoms with Crippen LogP contribution in [-0.2, 0) is 6.42 Å². The van der Waals surface area contributed by atoms with Crippen molar-refractivity contribution in [1.82, 2.24) is 14.7 Å². The second-order valence-corrected chi connectivity index (χ2v) is 7.52. The Morgan fingerprint density at radius 2 is 1.71 bits per heavy atom. The van der Waals surface area contributed by atoms with Crippen molar-refractivity contribution in [3.8, 4) is 17.2 Å². The summed E-state index contributed by atoms with van der Waals surface area (Å²) in [5.41, 5.74) is 1.81. The zero-order chi connectivity index (χ0) is 22.4. The number of rotatable bonds is 10. The van der Waals surface area contributed by atoms with Crippen LogP contribution in [0.4, 0.5) is 0 Å². The third-order valence-electron chi connectivity index (χ3n) is 4.44. The number of aryl methyl sites for hydroxylation is 1. The lowest BCUT2D eigenvalue weighted by Gasteiger charge is -2.17. The summed E-state index contributed by atoms with van der Waals surface area (Å²) >= 11 is 1.41. The van der Waals surface area contributed by atoms with Crippen LogP contribution >= 0.6 is 11.3 Å². The van der Waals surface area contributed by atoms with E-state index in [-0.39, 0.29) is 11.5 Å². The summed E-state index contributed by atoms with van der Waals surface area (Å²) in [5.74, 6) is 1.18. The molecule has 0 aliphatic rings. The second-order valence-electron chi connectivity index (χ2n) is 6.69. The van der Waals surface area contributed by atoms with Crippen molar-refractivity contribution in [3.05, 3.63) is 50.9 Å². The summed E-state index contributed by atoms with van der Waals surface area (Å²) < 4.78 is 18.6. The molecule has 0 fully saturated rings. The Morgan fingerprint density at radius 1 is 1.06 bits per heavy atom. The molecule has 0 unspecified atom stereocenters. The standard InChI is InChI=1S/C22H27N3O5S/c1-5-28-17-11-15(12-18(29-6-2)20(17)30-7-3)21(27)23-9-8-16-13-31-22-24-14(4)10-19(26)25(16)22/h10-13H,5-9H2,1-4H3,(H,23,27). The van der Waals surface area contributed by atoms with Crippen LogP contribution in [0.2, 0.25) is 0 Å². The van der Waals surface area contributed by atoms with Crippen LogP contribution in [0.15, 0.2) is 28.4 Å². The van der Waals surface area contributed by atoms with Crippen LogP contribution in [0.25, 0.3) is 4.96 Å². The average Bonchev–Trinajstić information content (AvgIpc) is 3.13. The number of carbonyl (C=O) groups is 1. The van der Waals surface area contributed by atoms with Gasteiger partial charge in [0.05, 0.1) is 19.8 Å². The predicted octanol–water partition coefficient (Wildman–Crippen LogP) is 3.23. The monoisotopic (exact) mass is 445 g/mol. The average molecular weight is 446 g/mol. The fourth-order valence-corrected chi connectivity index (χ4v) is 4.16. The Hall–Kier alpha value is -3.07. The van der Waals surface area contributed by atoms with Crippen molar-refractivity contribution in [2.75, 3.05) is 26.4 Å². The molecule has 1 amide bonds. The van der Waals surface area contributed by atoms with E-state index in [2.05, 4.69) is 10.3 Å². The van der Waals surface area contributed by atoms with Gasteiger partial charge in [-0.15, -0.1) is 11.3 Å². The maximum absolute atomic E-state index is 12.8. The number of fused-ring (bicyclic) bond motifs is 1. The highest BCUT2D eigenvalue weighted by molar-refractivity contribution is 7.15. The molecular weight excluding hydrogens is 418 g/mol. The fourth-order valence-electron chi connectivity index (χ4n) is 3.18. The molecule has 166 valence electrons. The molecule has 31 heavy (non-hydrogen) atoms. The van der Waals surface area contributed by atoms with E-state index >= 15 is 0 Å². The number of nitrogens with one attached hydrogen (secondary N) is 1. The lowest BCUT2D eigenvalue weighted by Crippen LogP contribution is -2.27. The number of ether oxygens (including phenoxy) is 3. The van der Waals surface area contributed by atoms with Gasteiger partial charge in [-0.2, -0.15) is 0 Å². The lowest BCUT2D eigenvalue weighted by atomic mass is 10.1. The number of benzene rings is 1. The molecule has 3 rings (SSSR count). The number of carbonyl (C=O) groups excluding carboxylic acids is 1. The van der Waals surface area contributed by atoms with E-state index in [0.29, 0.717) is 66.3 Å². The van der Waals surface area contributed by atoms with Gasteiger partial charge in [-0.3, -0.25) is 14.0 Å². The first-order valence-corrected chi connectivity index (χ1v) is 11.2. The van der Waals surface area contributed by atoms with Crippen LogP contribution in [0.5, 0.6) is 17.2 Å². The van der Waals surface area contributed by atoms with E-state index in [1.807, 2.05) is 26.2 Å². The molecule has 0 radical (unpaired) electrons. The van der Waals surface area contributed by atoms with E-state index < -0.39 is 0 Å². The maximum atomic E-state index is 12.8. The summed E-state index contributed by atoms with van der Waals surface area (Å²) in [7, 11) is 0. The van der Waals surface area contributed by atoms with Crippen LogP contribution < -0.4 is 25.1 Å². The number of aromatic nitrogens is 2. The molecule has 8 nitrogen and oxygen atoms in total. The summed E-state index contributed by atoms with van der Waals surface area (Å²) in [6, 6.07) is 4.82. The van der Waals surface area contributed by atoms with Gasteiger partial charge in [0.15, 0.2) is 16.5 Å². The van der Waals surface area contributed by atoms with Gasteiger partial charge in [-0.05, 0) is 39.8 Å². The lowest BCUT2D eigenvalue weighted by molar-refractivity contribution is 0.0953. The predicted molar refractivity (Wildman–Crippen MR) is 120 cm³/mol. The summed E-state index contributed by atoms with van der Waals surface area (Å²) in [6.45, 7) is 9.10. The van der Waals surface area contributed by atoms with Crippen molar-refractivity contribution in [1.29, 1.82) is 0 Å². The summed E-state index contributed by atoms with van der Waals surface area (Å²) in [6.07, 6.45) is 0.504. The van der Waals surface area contributed by atoms with E-state index in [4.69, 9.17) is 14.2 Å². The first kappa shape index (κ1) is 22.6. The Labute approximate surface area is 184 Å². The topological polar surface area (TPSA) is 91.2 Å². The largest absolute Gasteiger partial charge is 0.490 e. The van der Waals surface area contributed by atoms with Crippen molar-refractivity contribution in [2.45, 2.75) is 34.1 Å². The molecule has 3 aromatic rings. The van der Waals surface area contributed by atoms with Gasteiger partial charge < -0.3 is 19.5 Å². The number of thiazole rings is 1. The molecular formula is C22H27N3O5S. The summed E-state index contributed by atoms with van der Waals surface area (Å²) in [4.78, 5) is 30.1. The first-order valence-electron chi connectivity index (χ1n) is 10.3. The first-order chi connectivity index (χ1) is 15.0. The Bertz CT molecular complexity index is 1100. The van der Waals surface area contributed by atoms with Gasteiger partial charge in [0.25, 0.3) is 11.5 Å². The highest BCUT2D eigenvalue weighted by Gasteiger charge is 2.18. The quantitative estimate of drug-likeness (QED) is 0.515. The minimum atomic E-state index is -0.259. The highest BCUT2D eigenvalue weighted by Crippen LogP contribution is 2.39. The minimum absolute atomic E-state index is 0.112. The second kappa shape index (κ2) is 10.3. The van der Waals surface area contributed by atoms with E-state index in [9.17, 15) is 9.59 Å².